The van der Waals surface area contributed by atoms with Gasteiger partial charge in [-0.1, -0.05) is 20.8 Å². The van der Waals surface area contributed by atoms with Gasteiger partial charge in [-0.15, -0.1) is 11.3 Å². The molecule has 3 nitrogen and oxygen atoms in total. The molecular formula is C17H25N3S. The van der Waals surface area contributed by atoms with E-state index in [4.69, 9.17) is 4.98 Å². The molecule has 0 unspecified atom stereocenters. The molecule has 114 valence electrons. The lowest BCUT2D eigenvalue weighted by Gasteiger charge is -2.17. The standard InChI is InChI=1S/C17H25N3S/c1-17(2,3)15-14(11-18-4)21-16(19-15)12-7-9-13(10-8-12)20(5)6/h7-10,18H,11H2,1-6H3. The van der Waals surface area contributed by atoms with E-state index in [-0.39, 0.29) is 5.41 Å². The molecule has 0 spiro atoms. The monoisotopic (exact) mass is 303 g/mol. The predicted octanol–water partition coefficient (Wildman–Crippen LogP) is 3.89. The Labute approximate surface area is 132 Å². The molecule has 4 heteroatoms. The van der Waals surface area contributed by atoms with Gasteiger partial charge in [-0.3, -0.25) is 0 Å². The number of hydrogen-bond donors (Lipinski definition) is 1. The van der Waals surface area contributed by atoms with E-state index in [2.05, 4.69) is 69.3 Å². The molecule has 0 radical (unpaired) electrons. The van der Waals surface area contributed by atoms with Gasteiger partial charge in [0.25, 0.3) is 0 Å². The Morgan fingerprint density at radius 2 is 1.76 bits per heavy atom. The molecule has 1 heterocycles. The van der Waals surface area contributed by atoms with Crippen LogP contribution in [0.5, 0.6) is 0 Å². The van der Waals surface area contributed by atoms with Crippen LogP contribution in [0.4, 0.5) is 5.69 Å². The summed E-state index contributed by atoms with van der Waals surface area (Å²) in [5.74, 6) is 0. The van der Waals surface area contributed by atoms with Crippen molar-refractivity contribution in [1.82, 2.24) is 10.3 Å². The van der Waals surface area contributed by atoms with Gasteiger partial charge >= 0.3 is 0 Å². The van der Waals surface area contributed by atoms with Crippen molar-refractivity contribution < 1.29 is 0 Å². The Hall–Kier alpha value is -1.39. The van der Waals surface area contributed by atoms with Gasteiger partial charge < -0.3 is 10.2 Å². The van der Waals surface area contributed by atoms with Crippen LogP contribution in [0.2, 0.25) is 0 Å². The summed E-state index contributed by atoms with van der Waals surface area (Å²) < 4.78 is 0. The SMILES string of the molecule is CNCc1sc(-c2ccc(N(C)C)cc2)nc1C(C)(C)C. The average molecular weight is 303 g/mol. The molecular weight excluding hydrogens is 278 g/mol. The van der Waals surface area contributed by atoms with E-state index >= 15 is 0 Å². The number of rotatable bonds is 4. The summed E-state index contributed by atoms with van der Waals surface area (Å²) >= 11 is 1.79. The van der Waals surface area contributed by atoms with Gasteiger partial charge in [0, 0.05) is 42.2 Å². The number of benzene rings is 1. The van der Waals surface area contributed by atoms with Crippen molar-refractivity contribution in [2.45, 2.75) is 32.7 Å². The molecule has 2 rings (SSSR count). The second kappa shape index (κ2) is 6.16. The van der Waals surface area contributed by atoms with Gasteiger partial charge in [0.05, 0.1) is 5.69 Å². The van der Waals surface area contributed by atoms with Crippen LogP contribution in [-0.4, -0.2) is 26.1 Å². The van der Waals surface area contributed by atoms with Gasteiger partial charge in [0.2, 0.25) is 0 Å². The second-order valence-corrected chi connectivity index (χ2v) is 7.60. The van der Waals surface area contributed by atoms with Crippen molar-refractivity contribution in [3.05, 3.63) is 34.8 Å². The van der Waals surface area contributed by atoms with Crippen LogP contribution in [0.1, 0.15) is 31.3 Å². The third-order valence-corrected chi connectivity index (χ3v) is 4.48. The van der Waals surface area contributed by atoms with Gasteiger partial charge in [-0.2, -0.15) is 0 Å². The van der Waals surface area contributed by atoms with Crippen molar-refractivity contribution in [1.29, 1.82) is 0 Å². The van der Waals surface area contributed by atoms with Gasteiger partial charge in [0.15, 0.2) is 0 Å². The smallest absolute Gasteiger partial charge is 0.123 e. The highest BCUT2D eigenvalue weighted by Crippen LogP contribution is 2.34. The van der Waals surface area contributed by atoms with Crippen molar-refractivity contribution in [2.75, 3.05) is 26.0 Å². The van der Waals surface area contributed by atoms with E-state index < -0.39 is 0 Å². The number of thiazole rings is 1. The molecule has 1 N–H and O–H groups in total. The van der Waals surface area contributed by atoms with E-state index in [0.717, 1.165) is 11.6 Å². The Morgan fingerprint density at radius 3 is 2.24 bits per heavy atom. The van der Waals surface area contributed by atoms with Crippen LogP contribution in [-0.2, 0) is 12.0 Å². The highest BCUT2D eigenvalue weighted by Gasteiger charge is 2.23. The molecule has 21 heavy (non-hydrogen) atoms. The van der Waals surface area contributed by atoms with Crippen LogP contribution in [0.25, 0.3) is 10.6 Å². The number of nitrogens with zero attached hydrogens (tertiary/aromatic N) is 2. The summed E-state index contributed by atoms with van der Waals surface area (Å²) in [7, 11) is 6.10. The van der Waals surface area contributed by atoms with Crippen LogP contribution >= 0.6 is 11.3 Å². The summed E-state index contributed by atoms with van der Waals surface area (Å²) in [6.07, 6.45) is 0. The fourth-order valence-corrected chi connectivity index (χ4v) is 3.53. The molecule has 0 aliphatic carbocycles. The van der Waals surface area contributed by atoms with E-state index in [1.807, 2.05) is 7.05 Å². The molecule has 0 aliphatic rings. The minimum Gasteiger partial charge on any atom is -0.378 e. The first-order chi connectivity index (χ1) is 9.82. The highest BCUT2D eigenvalue weighted by molar-refractivity contribution is 7.15. The Bertz CT molecular complexity index is 591. The summed E-state index contributed by atoms with van der Waals surface area (Å²) in [5.41, 5.74) is 3.68. The van der Waals surface area contributed by atoms with Gasteiger partial charge in [-0.05, 0) is 31.3 Å². The van der Waals surface area contributed by atoms with Crippen LogP contribution in [0.15, 0.2) is 24.3 Å². The van der Waals surface area contributed by atoms with E-state index in [0.29, 0.717) is 0 Å². The summed E-state index contributed by atoms with van der Waals surface area (Å²) in [6.45, 7) is 7.54. The molecule has 0 aliphatic heterocycles. The summed E-state index contributed by atoms with van der Waals surface area (Å²) in [6, 6.07) is 8.60. The zero-order chi connectivity index (χ0) is 15.6. The number of aromatic nitrogens is 1. The van der Waals surface area contributed by atoms with Crippen LogP contribution < -0.4 is 10.2 Å². The quantitative estimate of drug-likeness (QED) is 0.928. The molecule has 0 fully saturated rings. The topological polar surface area (TPSA) is 28.2 Å². The van der Waals surface area contributed by atoms with Crippen LogP contribution in [0.3, 0.4) is 0 Å². The Balaban J connectivity index is 2.40. The molecule has 0 saturated carbocycles. The molecule has 1 aromatic carbocycles. The summed E-state index contributed by atoms with van der Waals surface area (Å²) in [5, 5.41) is 4.36. The van der Waals surface area contributed by atoms with Crippen LogP contribution in [0, 0.1) is 0 Å². The first kappa shape index (κ1) is 16.0. The van der Waals surface area contributed by atoms with Gasteiger partial charge in [-0.25, -0.2) is 4.98 Å². The maximum absolute atomic E-state index is 4.91. The lowest BCUT2D eigenvalue weighted by molar-refractivity contribution is 0.563. The summed E-state index contributed by atoms with van der Waals surface area (Å²) in [4.78, 5) is 8.35. The second-order valence-electron chi connectivity index (χ2n) is 6.51. The number of nitrogens with one attached hydrogen (secondary N) is 1. The molecule has 2 aromatic rings. The molecule has 0 amide bonds. The van der Waals surface area contributed by atoms with Crippen molar-refractivity contribution in [3.63, 3.8) is 0 Å². The Kier molecular flexibility index (Phi) is 4.69. The normalized spacial score (nSPS) is 11.7. The van der Waals surface area contributed by atoms with Crippen molar-refractivity contribution >= 4 is 17.0 Å². The maximum atomic E-state index is 4.91. The predicted molar refractivity (Wildman–Crippen MR) is 93.3 cm³/mol. The molecule has 0 saturated heterocycles. The molecule has 0 bridgehead atoms. The molecule has 1 aromatic heterocycles. The lowest BCUT2D eigenvalue weighted by atomic mass is 9.91. The largest absolute Gasteiger partial charge is 0.378 e. The minimum atomic E-state index is 0.0739. The molecule has 0 atom stereocenters. The van der Waals surface area contributed by atoms with E-state index in [1.165, 1.54) is 21.8 Å². The first-order valence-electron chi connectivity index (χ1n) is 7.25. The van der Waals surface area contributed by atoms with Crippen molar-refractivity contribution in [2.24, 2.45) is 0 Å². The lowest BCUT2D eigenvalue weighted by Crippen LogP contribution is -2.16. The maximum Gasteiger partial charge on any atom is 0.123 e. The first-order valence-corrected chi connectivity index (χ1v) is 8.07. The fourth-order valence-electron chi connectivity index (χ4n) is 2.24. The van der Waals surface area contributed by atoms with E-state index in [1.54, 1.807) is 11.3 Å². The number of anilines is 1. The van der Waals surface area contributed by atoms with Crippen molar-refractivity contribution in [3.8, 4) is 10.6 Å². The Morgan fingerprint density at radius 1 is 1.14 bits per heavy atom. The fraction of sp³-hybridized carbons (Fsp3) is 0.471. The van der Waals surface area contributed by atoms with Gasteiger partial charge in [0.1, 0.15) is 5.01 Å². The third kappa shape index (κ3) is 3.63. The number of hydrogen-bond acceptors (Lipinski definition) is 4. The third-order valence-electron chi connectivity index (χ3n) is 3.38. The van der Waals surface area contributed by atoms with E-state index in [9.17, 15) is 0 Å². The average Bonchev–Trinajstić information content (AvgIpc) is 2.83. The minimum absolute atomic E-state index is 0.0739. The zero-order valence-electron chi connectivity index (χ0n) is 13.8. The highest BCUT2D eigenvalue weighted by atomic mass is 32.1. The zero-order valence-corrected chi connectivity index (χ0v) is 14.6.